The zero-order valence-corrected chi connectivity index (χ0v) is 10.9. The van der Waals surface area contributed by atoms with Gasteiger partial charge in [0.2, 0.25) is 10.0 Å². The van der Waals surface area contributed by atoms with E-state index in [1.807, 2.05) is 0 Å². The van der Waals surface area contributed by atoms with Crippen molar-refractivity contribution in [3.05, 3.63) is 12.4 Å². The quantitative estimate of drug-likeness (QED) is 0.894. The lowest BCUT2D eigenvalue weighted by Gasteiger charge is -2.27. The van der Waals surface area contributed by atoms with E-state index in [0.717, 1.165) is 18.8 Å². The van der Waals surface area contributed by atoms with E-state index in [9.17, 15) is 8.42 Å². The molecule has 0 spiro atoms. The fourth-order valence-electron chi connectivity index (χ4n) is 2.48. The summed E-state index contributed by atoms with van der Waals surface area (Å²) < 4.78 is 24.1. The third kappa shape index (κ3) is 2.87. The van der Waals surface area contributed by atoms with Crippen molar-refractivity contribution in [2.24, 2.45) is 11.1 Å². The molecule has 0 amide bonds. The van der Waals surface area contributed by atoms with Gasteiger partial charge in [0.05, 0.1) is 12.2 Å². The standard InChI is InChI=1S/C11H19N3O2S/c1-2-9-3-5-10(6-4-9)14-8-11(7-13-14)17(12,15)16/h7-10H,2-6H2,1H3,(H2,12,15,16). The number of nitrogens with zero attached hydrogens (tertiary/aromatic N) is 2. The van der Waals surface area contributed by atoms with Gasteiger partial charge in [-0.2, -0.15) is 5.10 Å². The van der Waals surface area contributed by atoms with E-state index in [0.29, 0.717) is 6.04 Å². The van der Waals surface area contributed by atoms with Crippen LogP contribution in [0.25, 0.3) is 0 Å². The highest BCUT2D eigenvalue weighted by Gasteiger charge is 2.22. The molecule has 1 aromatic rings. The summed E-state index contributed by atoms with van der Waals surface area (Å²) in [6, 6.07) is 0.327. The van der Waals surface area contributed by atoms with Gasteiger partial charge in [-0.1, -0.05) is 13.3 Å². The second kappa shape index (κ2) is 4.78. The second-order valence-electron chi connectivity index (χ2n) is 4.78. The molecule has 5 nitrogen and oxygen atoms in total. The molecule has 0 radical (unpaired) electrons. The average molecular weight is 257 g/mol. The third-order valence-corrected chi connectivity index (χ3v) is 4.54. The van der Waals surface area contributed by atoms with Crippen molar-refractivity contribution in [3.8, 4) is 0 Å². The van der Waals surface area contributed by atoms with E-state index in [2.05, 4.69) is 12.0 Å². The van der Waals surface area contributed by atoms with Crippen LogP contribution in [0, 0.1) is 5.92 Å². The van der Waals surface area contributed by atoms with Crippen molar-refractivity contribution < 1.29 is 8.42 Å². The van der Waals surface area contributed by atoms with Crippen molar-refractivity contribution in [2.75, 3.05) is 0 Å². The zero-order valence-electron chi connectivity index (χ0n) is 10.0. The first-order valence-corrected chi connectivity index (χ1v) is 7.62. The fraction of sp³-hybridized carbons (Fsp3) is 0.727. The van der Waals surface area contributed by atoms with Crippen LogP contribution in [-0.2, 0) is 10.0 Å². The van der Waals surface area contributed by atoms with E-state index in [1.54, 1.807) is 10.9 Å². The molecule has 0 saturated heterocycles. The number of aromatic nitrogens is 2. The molecule has 1 aliphatic carbocycles. The molecule has 0 aromatic carbocycles. The van der Waals surface area contributed by atoms with Gasteiger partial charge in [0.15, 0.2) is 0 Å². The summed E-state index contributed by atoms with van der Waals surface area (Å²) in [6.07, 6.45) is 8.66. The summed E-state index contributed by atoms with van der Waals surface area (Å²) in [5.74, 6) is 0.819. The van der Waals surface area contributed by atoms with Crippen molar-refractivity contribution in [2.45, 2.75) is 50.0 Å². The van der Waals surface area contributed by atoms with E-state index >= 15 is 0 Å². The molecule has 17 heavy (non-hydrogen) atoms. The second-order valence-corrected chi connectivity index (χ2v) is 6.35. The Kier molecular flexibility index (Phi) is 3.53. The lowest BCUT2D eigenvalue weighted by molar-refractivity contribution is 0.256. The maximum Gasteiger partial charge on any atom is 0.241 e. The highest BCUT2D eigenvalue weighted by atomic mass is 32.2. The summed E-state index contributed by atoms with van der Waals surface area (Å²) >= 11 is 0. The maximum absolute atomic E-state index is 11.2. The minimum Gasteiger partial charge on any atom is -0.268 e. The molecule has 96 valence electrons. The van der Waals surface area contributed by atoms with Gasteiger partial charge < -0.3 is 0 Å². The molecule has 0 atom stereocenters. The number of nitrogens with two attached hydrogens (primary N) is 1. The molecule has 1 heterocycles. The molecule has 2 N–H and O–H groups in total. The van der Waals surface area contributed by atoms with Crippen LogP contribution in [0.3, 0.4) is 0 Å². The van der Waals surface area contributed by atoms with Crippen LogP contribution in [0.2, 0.25) is 0 Å². The first kappa shape index (κ1) is 12.6. The first-order chi connectivity index (χ1) is 8.00. The van der Waals surface area contributed by atoms with Gasteiger partial charge in [-0.25, -0.2) is 13.6 Å². The Bertz CT molecular complexity index is 473. The molecule has 0 aliphatic heterocycles. The van der Waals surface area contributed by atoms with Gasteiger partial charge >= 0.3 is 0 Å². The van der Waals surface area contributed by atoms with Crippen LogP contribution < -0.4 is 5.14 Å². The summed E-state index contributed by atoms with van der Waals surface area (Å²) in [4.78, 5) is 0.107. The van der Waals surface area contributed by atoms with Gasteiger partial charge in [-0.3, -0.25) is 4.68 Å². The lowest BCUT2D eigenvalue weighted by atomic mass is 9.85. The number of primary sulfonamides is 1. The van der Waals surface area contributed by atoms with E-state index < -0.39 is 10.0 Å². The lowest BCUT2D eigenvalue weighted by Crippen LogP contribution is -2.18. The van der Waals surface area contributed by atoms with Crippen molar-refractivity contribution in [3.63, 3.8) is 0 Å². The molecular weight excluding hydrogens is 238 g/mol. The minimum absolute atomic E-state index is 0.107. The molecule has 2 rings (SSSR count). The summed E-state index contributed by atoms with van der Waals surface area (Å²) in [7, 11) is -3.62. The number of rotatable bonds is 3. The third-order valence-electron chi connectivity index (χ3n) is 3.67. The van der Waals surface area contributed by atoms with Gasteiger partial charge in [0.25, 0.3) is 0 Å². The Hall–Kier alpha value is -0.880. The van der Waals surface area contributed by atoms with Crippen LogP contribution in [0.4, 0.5) is 0 Å². The molecule has 1 fully saturated rings. The van der Waals surface area contributed by atoms with Crippen LogP contribution in [0.5, 0.6) is 0 Å². The van der Waals surface area contributed by atoms with Crippen molar-refractivity contribution >= 4 is 10.0 Å². The Morgan fingerprint density at radius 1 is 1.41 bits per heavy atom. The van der Waals surface area contributed by atoms with Crippen LogP contribution in [0.15, 0.2) is 17.3 Å². The predicted octanol–water partition coefficient (Wildman–Crippen LogP) is 1.67. The molecule has 1 saturated carbocycles. The first-order valence-electron chi connectivity index (χ1n) is 6.07. The molecule has 6 heteroatoms. The Morgan fingerprint density at radius 3 is 2.53 bits per heavy atom. The van der Waals surface area contributed by atoms with E-state index in [1.165, 1.54) is 25.5 Å². The number of hydrogen-bond acceptors (Lipinski definition) is 3. The normalized spacial score (nSPS) is 26.0. The van der Waals surface area contributed by atoms with Crippen molar-refractivity contribution in [1.82, 2.24) is 9.78 Å². The van der Waals surface area contributed by atoms with Crippen LogP contribution in [0.1, 0.15) is 45.1 Å². The molecular formula is C11H19N3O2S. The van der Waals surface area contributed by atoms with Crippen molar-refractivity contribution in [1.29, 1.82) is 0 Å². The topological polar surface area (TPSA) is 78.0 Å². The number of hydrogen-bond donors (Lipinski definition) is 1. The molecule has 1 aliphatic rings. The van der Waals surface area contributed by atoms with Gasteiger partial charge in [0.1, 0.15) is 4.90 Å². The fourth-order valence-corrected chi connectivity index (χ4v) is 2.93. The zero-order chi connectivity index (χ0) is 12.5. The van der Waals surface area contributed by atoms with Gasteiger partial charge in [-0.05, 0) is 31.6 Å². The van der Waals surface area contributed by atoms with Crippen LogP contribution >= 0.6 is 0 Å². The Morgan fingerprint density at radius 2 is 2.06 bits per heavy atom. The number of sulfonamides is 1. The predicted molar refractivity (Wildman–Crippen MR) is 64.9 cm³/mol. The summed E-state index contributed by atoms with van der Waals surface area (Å²) in [5, 5.41) is 9.18. The van der Waals surface area contributed by atoms with E-state index in [-0.39, 0.29) is 4.90 Å². The Balaban J connectivity index is 2.07. The molecule has 0 bridgehead atoms. The minimum atomic E-state index is -3.62. The van der Waals surface area contributed by atoms with Gasteiger partial charge in [-0.15, -0.1) is 0 Å². The van der Waals surface area contributed by atoms with E-state index in [4.69, 9.17) is 5.14 Å². The highest BCUT2D eigenvalue weighted by Crippen LogP contribution is 2.33. The molecule has 0 unspecified atom stereocenters. The van der Waals surface area contributed by atoms with Crippen LogP contribution in [-0.4, -0.2) is 18.2 Å². The monoisotopic (exact) mass is 257 g/mol. The largest absolute Gasteiger partial charge is 0.268 e. The highest BCUT2D eigenvalue weighted by molar-refractivity contribution is 7.89. The average Bonchev–Trinajstić information content (AvgIpc) is 2.78. The Labute approximate surface area is 102 Å². The summed E-state index contributed by atoms with van der Waals surface area (Å²) in [5.41, 5.74) is 0. The SMILES string of the molecule is CCC1CCC(n2cc(S(N)(=O)=O)cn2)CC1. The maximum atomic E-state index is 11.2. The summed E-state index contributed by atoms with van der Waals surface area (Å²) in [6.45, 7) is 2.22. The van der Waals surface area contributed by atoms with Gasteiger partial charge in [0, 0.05) is 6.20 Å². The molecule has 1 aromatic heterocycles. The smallest absolute Gasteiger partial charge is 0.241 e.